The SMILES string of the molecule is Cc1cc(C(=O)O)cc(-c2c(C)ccc3ccccc23)c1. The largest absolute Gasteiger partial charge is 0.478 e. The minimum atomic E-state index is -0.891. The average molecular weight is 276 g/mol. The van der Waals surface area contributed by atoms with Gasteiger partial charge in [-0.05, 0) is 59.0 Å². The van der Waals surface area contributed by atoms with Gasteiger partial charge in [0.05, 0.1) is 5.56 Å². The van der Waals surface area contributed by atoms with Gasteiger partial charge in [0.2, 0.25) is 0 Å². The summed E-state index contributed by atoms with van der Waals surface area (Å²) in [6, 6.07) is 17.9. The number of aryl methyl sites for hydroxylation is 2. The normalized spacial score (nSPS) is 10.8. The number of carbonyl (C=O) groups is 1. The van der Waals surface area contributed by atoms with Gasteiger partial charge in [0.25, 0.3) is 0 Å². The molecule has 21 heavy (non-hydrogen) atoms. The number of rotatable bonds is 2. The van der Waals surface area contributed by atoms with E-state index in [0.717, 1.165) is 33.0 Å². The molecule has 0 radical (unpaired) electrons. The van der Waals surface area contributed by atoms with Crippen LogP contribution in [0, 0.1) is 13.8 Å². The summed E-state index contributed by atoms with van der Waals surface area (Å²) in [5.41, 5.74) is 4.51. The van der Waals surface area contributed by atoms with E-state index in [1.54, 1.807) is 12.1 Å². The fraction of sp³-hybridized carbons (Fsp3) is 0.105. The molecule has 0 spiro atoms. The summed E-state index contributed by atoms with van der Waals surface area (Å²) in [5, 5.41) is 11.6. The number of carboxylic acid groups (broad SMARTS) is 1. The third-order valence-electron chi connectivity index (χ3n) is 3.75. The molecule has 3 aromatic carbocycles. The van der Waals surface area contributed by atoms with Gasteiger partial charge in [-0.2, -0.15) is 0 Å². The summed E-state index contributed by atoms with van der Waals surface area (Å²) >= 11 is 0. The van der Waals surface area contributed by atoms with Gasteiger partial charge in [0.1, 0.15) is 0 Å². The van der Waals surface area contributed by atoms with Gasteiger partial charge >= 0.3 is 5.97 Å². The van der Waals surface area contributed by atoms with Gasteiger partial charge < -0.3 is 5.11 Å². The second-order valence-electron chi connectivity index (χ2n) is 5.37. The van der Waals surface area contributed by atoms with Crippen LogP contribution in [0.15, 0.2) is 54.6 Å². The lowest BCUT2D eigenvalue weighted by atomic mass is 9.92. The molecule has 2 nitrogen and oxygen atoms in total. The van der Waals surface area contributed by atoms with Crippen LogP contribution in [0.3, 0.4) is 0 Å². The Hall–Kier alpha value is -2.61. The molecule has 0 aliphatic heterocycles. The highest BCUT2D eigenvalue weighted by atomic mass is 16.4. The van der Waals surface area contributed by atoms with Crippen LogP contribution < -0.4 is 0 Å². The zero-order chi connectivity index (χ0) is 15.0. The van der Waals surface area contributed by atoms with Crippen molar-refractivity contribution in [3.63, 3.8) is 0 Å². The molecule has 0 saturated carbocycles. The maximum atomic E-state index is 11.3. The van der Waals surface area contributed by atoms with Crippen molar-refractivity contribution in [1.29, 1.82) is 0 Å². The third kappa shape index (κ3) is 2.40. The van der Waals surface area contributed by atoms with E-state index in [-0.39, 0.29) is 0 Å². The van der Waals surface area contributed by atoms with Crippen molar-refractivity contribution in [2.75, 3.05) is 0 Å². The van der Waals surface area contributed by atoms with Crippen LogP contribution in [0.4, 0.5) is 0 Å². The maximum Gasteiger partial charge on any atom is 0.335 e. The van der Waals surface area contributed by atoms with Crippen molar-refractivity contribution >= 4 is 16.7 Å². The number of benzene rings is 3. The zero-order valence-electron chi connectivity index (χ0n) is 12.1. The first kappa shape index (κ1) is 13.4. The van der Waals surface area contributed by atoms with Gasteiger partial charge in [-0.3, -0.25) is 0 Å². The minimum absolute atomic E-state index is 0.331. The monoisotopic (exact) mass is 276 g/mol. The topological polar surface area (TPSA) is 37.3 Å². The molecule has 0 aliphatic rings. The molecule has 0 bridgehead atoms. The van der Waals surface area contributed by atoms with Crippen molar-refractivity contribution in [1.82, 2.24) is 0 Å². The van der Waals surface area contributed by atoms with E-state index in [4.69, 9.17) is 0 Å². The summed E-state index contributed by atoms with van der Waals surface area (Å²) in [4.78, 5) is 11.3. The van der Waals surface area contributed by atoms with Crippen LogP contribution in [0.2, 0.25) is 0 Å². The Morgan fingerprint density at radius 2 is 1.71 bits per heavy atom. The van der Waals surface area contributed by atoms with E-state index >= 15 is 0 Å². The summed E-state index contributed by atoms with van der Waals surface area (Å²) in [7, 11) is 0. The van der Waals surface area contributed by atoms with Crippen molar-refractivity contribution in [3.05, 3.63) is 71.3 Å². The molecular weight excluding hydrogens is 260 g/mol. The van der Waals surface area contributed by atoms with Crippen molar-refractivity contribution < 1.29 is 9.90 Å². The van der Waals surface area contributed by atoms with Crippen molar-refractivity contribution in [2.24, 2.45) is 0 Å². The Morgan fingerprint density at radius 3 is 2.48 bits per heavy atom. The quantitative estimate of drug-likeness (QED) is 0.728. The number of fused-ring (bicyclic) bond motifs is 1. The number of carboxylic acids is 1. The Labute approximate surface area is 123 Å². The molecule has 2 heteroatoms. The Bertz CT molecular complexity index is 847. The molecule has 0 unspecified atom stereocenters. The molecule has 0 heterocycles. The van der Waals surface area contributed by atoms with Gasteiger partial charge in [-0.15, -0.1) is 0 Å². The smallest absolute Gasteiger partial charge is 0.335 e. The first-order chi connectivity index (χ1) is 10.1. The van der Waals surface area contributed by atoms with Crippen molar-refractivity contribution in [2.45, 2.75) is 13.8 Å². The minimum Gasteiger partial charge on any atom is -0.478 e. The lowest BCUT2D eigenvalue weighted by Gasteiger charge is -2.12. The van der Waals surface area contributed by atoms with Crippen LogP contribution in [-0.4, -0.2) is 11.1 Å². The summed E-state index contributed by atoms with van der Waals surface area (Å²) in [6.45, 7) is 3.99. The second kappa shape index (κ2) is 5.06. The van der Waals surface area contributed by atoms with Crippen LogP contribution >= 0.6 is 0 Å². The van der Waals surface area contributed by atoms with Gasteiger partial charge in [0.15, 0.2) is 0 Å². The zero-order valence-corrected chi connectivity index (χ0v) is 12.1. The first-order valence-electron chi connectivity index (χ1n) is 6.90. The predicted octanol–water partition coefficient (Wildman–Crippen LogP) is 4.82. The number of hydrogen-bond donors (Lipinski definition) is 1. The number of hydrogen-bond acceptors (Lipinski definition) is 1. The summed E-state index contributed by atoms with van der Waals surface area (Å²) in [5.74, 6) is -0.891. The maximum absolute atomic E-state index is 11.3. The molecule has 0 fully saturated rings. The standard InChI is InChI=1S/C19H16O2/c1-12-9-15(11-16(10-12)19(20)21)18-13(2)7-8-14-5-3-4-6-17(14)18/h3-11H,1-2H3,(H,20,21). The lowest BCUT2D eigenvalue weighted by molar-refractivity contribution is 0.0697. The van der Waals surface area contributed by atoms with E-state index in [1.165, 1.54) is 0 Å². The molecule has 0 atom stereocenters. The molecule has 3 aromatic rings. The average Bonchev–Trinajstić information content (AvgIpc) is 2.46. The highest BCUT2D eigenvalue weighted by Gasteiger charge is 2.11. The van der Waals surface area contributed by atoms with Crippen LogP contribution in [0.25, 0.3) is 21.9 Å². The van der Waals surface area contributed by atoms with Gasteiger partial charge in [-0.25, -0.2) is 4.79 Å². The molecule has 104 valence electrons. The molecular formula is C19H16O2. The highest BCUT2D eigenvalue weighted by Crippen LogP contribution is 2.33. The van der Waals surface area contributed by atoms with Crippen molar-refractivity contribution in [3.8, 4) is 11.1 Å². The highest BCUT2D eigenvalue weighted by molar-refractivity contribution is 5.99. The van der Waals surface area contributed by atoms with E-state index in [1.807, 2.05) is 25.1 Å². The Kier molecular flexibility index (Phi) is 3.22. The second-order valence-corrected chi connectivity index (χ2v) is 5.37. The number of aromatic carboxylic acids is 1. The van der Waals surface area contributed by atoms with E-state index in [0.29, 0.717) is 5.56 Å². The molecule has 0 aliphatic carbocycles. The molecule has 0 saturated heterocycles. The lowest BCUT2D eigenvalue weighted by Crippen LogP contribution is -1.98. The summed E-state index contributed by atoms with van der Waals surface area (Å²) in [6.07, 6.45) is 0. The molecule has 1 N–H and O–H groups in total. The molecule has 3 rings (SSSR count). The predicted molar refractivity (Wildman–Crippen MR) is 85.8 cm³/mol. The van der Waals surface area contributed by atoms with E-state index in [2.05, 4.69) is 31.2 Å². The first-order valence-corrected chi connectivity index (χ1v) is 6.90. The third-order valence-corrected chi connectivity index (χ3v) is 3.75. The fourth-order valence-electron chi connectivity index (χ4n) is 2.81. The fourth-order valence-corrected chi connectivity index (χ4v) is 2.81. The molecule has 0 amide bonds. The van der Waals surface area contributed by atoms with Crippen LogP contribution in [0.5, 0.6) is 0 Å². The van der Waals surface area contributed by atoms with Gasteiger partial charge in [-0.1, -0.05) is 42.5 Å². The van der Waals surface area contributed by atoms with Crippen LogP contribution in [-0.2, 0) is 0 Å². The molecule has 0 aromatic heterocycles. The van der Waals surface area contributed by atoms with E-state index < -0.39 is 5.97 Å². The van der Waals surface area contributed by atoms with Crippen LogP contribution in [0.1, 0.15) is 21.5 Å². The van der Waals surface area contributed by atoms with E-state index in [9.17, 15) is 9.90 Å². The van der Waals surface area contributed by atoms with Gasteiger partial charge in [0, 0.05) is 0 Å². The Morgan fingerprint density at radius 1 is 0.952 bits per heavy atom. The Balaban J connectivity index is 2.35. The summed E-state index contributed by atoms with van der Waals surface area (Å²) < 4.78 is 0.